The Morgan fingerprint density at radius 2 is 1.69 bits per heavy atom. The number of aliphatic hydroxyl groups excluding tert-OH is 1. The number of hydrogen-bond acceptors (Lipinski definition) is 1. The van der Waals surface area contributed by atoms with Crippen LogP contribution in [0.5, 0.6) is 0 Å². The van der Waals surface area contributed by atoms with Gasteiger partial charge in [-0.05, 0) is 116 Å². The van der Waals surface area contributed by atoms with E-state index < -0.39 is 0 Å². The number of fused-ring (bicyclic) bond motifs is 5. The smallest absolute Gasteiger partial charge is 0.0820 e. The third kappa shape index (κ3) is 3.53. The van der Waals surface area contributed by atoms with Gasteiger partial charge in [0.05, 0.1) is 6.26 Å². The van der Waals surface area contributed by atoms with Crippen LogP contribution in [0.2, 0.25) is 0 Å². The summed E-state index contributed by atoms with van der Waals surface area (Å²) >= 11 is 0. The minimum absolute atomic E-state index is 0.569. The van der Waals surface area contributed by atoms with E-state index in [9.17, 15) is 0 Å². The average molecular weight is 399 g/mol. The lowest BCUT2D eigenvalue weighted by Gasteiger charge is -2.62. The summed E-state index contributed by atoms with van der Waals surface area (Å²) in [6, 6.07) is 0. The highest BCUT2D eigenvalue weighted by atomic mass is 16.2. The summed E-state index contributed by atoms with van der Waals surface area (Å²) in [5, 5.41) is 9.12. The molecule has 29 heavy (non-hydrogen) atoms. The Bertz CT molecular complexity index is 647. The van der Waals surface area contributed by atoms with E-state index in [1.54, 1.807) is 0 Å². The molecule has 0 aromatic rings. The maximum atomic E-state index is 9.12. The Labute approximate surface area is 180 Å². The molecule has 4 aliphatic rings. The van der Waals surface area contributed by atoms with Crippen LogP contribution in [-0.2, 0) is 0 Å². The van der Waals surface area contributed by atoms with Gasteiger partial charge in [-0.1, -0.05) is 52.7 Å². The van der Waals surface area contributed by atoms with Crippen molar-refractivity contribution < 1.29 is 5.11 Å². The predicted octanol–water partition coefficient (Wildman–Crippen LogP) is 8.33. The normalized spacial score (nSPS) is 48.8. The van der Waals surface area contributed by atoms with Crippen molar-refractivity contribution >= 4 is 0 Å². The lowest BCUT2D eigenvalue weighted by molar-refractivity contribution is -0.127. The highest BCUT2D eigenvalue weighted by molar-refractivity contribution is 5.14. The zero-order valence-electron chi connectivity index (χ0n) is 19.8. The van der Waals surface area contributed by atoms with Crippen LogP contribution in [0.3, 0.4) is 0 Å². The second-order valence-electron chi connectivity index (χ2n) is 12.2. The van der Waals surface area contributed by atoms with Gasteiger partial charge in [0.2, 0.25) is 0 Å². The van der Waals surface area contributed by atoms with Crippen LogP contribution in [0.1, 0.15) is 98.8 Å². The minimum Gasteiger partial charge on any atom is -0.515 e. The van der Waals surface area contributed by atoms with Gasteiger partial charge in [-0.2, -0.15) is 0 Å². The van der Waals surface area contributed by atoms with Crippen LogP contribution in [-0.4, -0.2) is 5.11 Å². The Morgan fingerprint density at radius 3 is 2.45 bits per heavy atom. The number of aliphatic hydroxyl groups is 1. The molecule has 0 heterocycles. The second-order valence-corrected chi connectivity index (χ2v) is 12.2. The first-order valence-electron chi connectivity index (χ1n) is 12.8. The van der Waals surface area contributed by atoms with Gasteiger partial charge in [-0.25, -0.2) is 0 Å². The van der Waals surface area contributed by atoms with Gasteiger partial charge in [-0.15, -0.1) is 0 Å². The van der Waals surface area contributed by atoms with Crippen molar-refractivity contribution in [3.05, 3.63) is 24.0 Å². The average Bonchev–Trinajstić information content (AvgIpc) is 3.05. The van der Waals surface area contributed by atoms with Crippen LogP contribution in [0.15, 0.2) is 24.0 Å². The molecule has 4 aliphatic carbocycles. The van der Waals surface area contributed by atoms with Crippen LogP contribution < -0.4 is 0 Å². The second kappa shape index (κ2) is 8.08. The summed E-state index contributed by atoms with van der Waals surface area (Å²) in [5.74, 6) is 6.60. The number of allylic oxidation sites excluding steroid dienone is 3. The third-order valence-corrected chi connectivity index (χ3v) is 10.9. The van der Waals surface area contributed by atoms with Gasteiger partial charge in [0.1, 0.15) is 0 Å². The fourth-order valence-corrected chi connectivity index (χ4v) is 9.45. The SMILES string of the molecule is CC(C=CC[C@@H](C)[C@H]1CC[C@H]2[C@@H]3CCC4[C@H](C)CCC[C@]4(C)[C@H]3CC[C@]12C)=CO. The lowest BCUT2D eigenvalue weighted by Crippen LogP contribution is -2.54. The summed E-state index contributed by atoms with van der Waals surface area (Å²) in [7, 11) is 0. The van der Waals surface area contributed by atoms with E-state index in [4.69, 9.17) is 5.11 Å². The van der Waals surface area contributed by atoms with Crippen molar-refractivity contribution in [2.45, 2.75) is 98.8 Å². The standard InChI is InChI=1S/C28H46O/c1-19(18-29)8-6-9-20(2)24-13-14-25-22-11-12-23-21(3)10-7-16-27(23,4)26(22)15-17-28(24,25)5/h6,8,18,20-26,29H,7,9-17H2,1-5H3/t20-,21-,22+,23?,24-,25+,26+,27+,28-/m1/s1. The molecule has 1 unspecified atom stereocenters. The molecule has 1 heteroatoms. The van der Waals surface area contributed by atoms with E-state index >= 15 is 0 Å². The molecule has 1 nitrogen and oxygen atoms in total. The molecule has 4 rings (SSSR count). The van der Waals surface area contributed by atoms with E-state index in [1.165, 1.54) is 64.0 Å². The predicted molar refractivity (Wildman–Crippen MR) is 124 cm³/mol. The number of rotatable bonds is 4. The maximum Gasteiger partial charge on any atom is 0.0820 e. The van der Waals surface area contributed by atoms with E-state index in [0.717, 1.165) is 53.4 Å². The van der Waals surface area contributed by atoms with Crippen LogP contribution >= 0.6 is 0 Å². The first kappa shape index (κ1) is 21.5. The Morgan fingerprint density at radius 1 is 0.966 bits per heavy atom. The lowest BCUT2D eigenvalue weighted by atomic mass is 9.43. The maximum absolute atomic E-state index is 9.12. The third-order valence-electron chi connectivity index (χ3n) is 10.9. The molecular weight excluding hydrogens is 352 g/mol. The van der Waals surface area contributed by atoms with Crippen molar-refractivity contribution in [3.63, 3.8) is 0 Å². The molecule has 0 aromatic heterocycles. The van der Waals surface area contributed by atoms with Gasteiger partial charge in [0, 0.05) is 0 Å². The molecule has 164 valence electrons. The zero-order chi connectivity index (χ0) is 20.8. The van der Waals surface area contributed by atoms with Crippen molar-refractivity contribution in [2.75, 3.05) is 0 Å². The summed E-state index contributed by atoms with van der Waals surface area (Å²) < 4.78 is 0. The number of hydrogen-bond donors (Lipinski definition) is 1. The van der Waals surface area contributed by atoms with Gasteiger partial charge in [0.15, 0.2) is 0 Å². The first-order chi connectivity index (χ1) is 13.8. The Balaban J connectivity index is 1.49. The van der Waals surface area contributed by atoms with Crippen LogP contribution in [0, 0.1) is 52.3 Å². The van der Waals surface area contributed by atoms with Crippen molar-refractivity contribution in [2.24, 2.45) is 52.3 Å². The van der Waals surface area contributed by atoms with Gasteiger partial charge in [0.25, 0.3) is 0 Å². The molecular formula is C28H46O. The summed E-state index contributed by atoms with van der Waals surface area (Å²) in [5.41, 5.74) is 2.17. The quantitative estimate of drug-likeness (QED) is 0.373. The molecule has 0 bridgehead atoms. The zero-order valence-corrected chi connectivity index (χ0v) is 19.8. The molecule has 0 spiro atoms. The minimum atomic E-state index is 0.569. The Kier molecular flexibility index (Phi) is 6.00. The van der Waals surface area contributed by atoms with E-state index in [-0.39, 0.29) is 0 Å². The topological polar surface area (TPSA) is 20.2 Å². The summed E-state index contributed by atoms with van der Waals surface area (Å²) in [4.78, 5) is 0. The van der Waals surface area contributed by atoms with Crippen molar-refractivity contribution in [1.82, 2.24) is 0 Å². The molecule has 0 amide bonds. The molecule has 0 aliphatic heterocycles. The Hall–Kier alpha value is -0.720. The van der Waals surface area contributed by atoms with Gasteiger partial charge >= 0.3 is 0 Å². The molecule has 0 radical (unpaired) electrons. The largest absolute Gasteiger partial charge is 0.515 e. The van der Waals surface area contributed by atoms with E-state index in [2.05, 4.69) is 39.8 Å². The molecule has 9 atom stereocenters. The van der Waals surface area contributed by atoms with Crippen molar-refractivity contribution in [1.29, 1.82) is 0 Å². The van der Waals surface area contributed by atoms with Gasteiger partial charge in [-0.3, -0.25) is 0 Å². The first-order valence-corrected chi connectivity index (χ1v) is 12.8. The monoisotopic (exact) mass is 398 g/mol. The summed E-state index contributed by atoms with van der Waals surface area (Å²) in [6.45, 7) is 12.4. The van der Waals surface area contributed by atoms with Crippen LogP contribution in [0.4, 0.5) is 0 Å². The molecule has 0 aromatic carbocycles. The molecule has 4 fully saturated rings. The fourth-order valence-electron chi connectivity index (χ4n) is 9.45. The van der Waals surface area contributed by atoms with E-state index in [0.29, 0.717) is 10.8 Å². The molecule has 0 saturated heterocycles. The highest BCUT2D eigenvalue weighted by Crippen LogP contribution is 2.68. The molecule has 4 saturated carbocycles. The fraction of sp³-hybridized carbons (Fsp3) is 0.857. The summed E-state index contributed by atoms with van der Waals surface area (Å²) in [6.07, 6.45) is 20.2. The van der Waals surface area contributed by atoms with Gasteiger partial charge < -0.3 is 5.11 Å². The molecule has 1 N–H and O–H groups in total. The van der Waals surface area contributed by atoms with E-state index in [1.807, 2.05) is 6.92 Å². The highest BCUT2D eigenvalue weighted by Gasteiger charge is 2.60. The van der Waals surface area contributed by atoms with Crippen molar-refractivity contribution in [3.8, 4) is 0 Å². The van der Waals surface area contributed by atoms with Crippen LogP contribution in [0.25, 0.3) is 0 Å².